The van der Waals surface area contributed by atoms with Crippen molar-refractivity contribution in [1.82, 2.24) is 4.98 Å². The highest BCUT2D eigenvalue weighted by Gasteiger charge is 2.14. The molecule has 1 aromatic carbocycles. The Morgan fingerprint density at radius 1 is 1.42 bits per heavy atom. The Balaban J connectivity index is 2.28. The lowest BCUT2D eigenvalue weighted by atomic mass is 10.1. The van der Waals surface area contributed by atoms with Crippen LogP contribution in [0.1, 0.15) is 10.4 Å². The zero-order valence-electron chi connectivity index (χ0n) is 10.1. The summed E-state index contributed by atoms with van der Waals surface area (Å²) in [4.78, 5) is 15.9. The van der Waals surface area contributed by atoms with Gasteiger partial charge in [-0.1, -0.05) is 11.6 Å². The van der Waals surface area contributed by atoms with Gasteiger partial charge in [-0.25, -0.2) is 0 Å². The van der Waals surface area contributed by atoms with Gasteiger partial charge in [0.1, 0.15) is 11.5 Å². The number of hydrogen-bond donors (Lipinski definition) is 2. The van der Waals surface area contributed by atoms with Crippen molar-refractivity contribution < 1.29 is 14.6 Å². The molecule has 0 radical (unpaired) electrons. The highest BCUT2D eigenvalue weighted by atomic mass is 35.5. The molecule has 0 fully saturated rings. The first-order valence-corrected chi connectivity index (χ1v) is 5.77. The van der Waals surface area contributed by atoms with Gasteiger partial charge in [0.05, 0.1) is 29.6 Å². The van der Waals surface area contributed by atoms with Crippen LogP contribution in [0.3, 0.4) is 0 Å². The molecular weight excluding hydrogens is 268 g/mol. The number of pyridine rings is 1. The molecule has 0 saturated heterocycles. The van der Waals surface area contributed by atoms with E-state index in [0.717, 1.165) is 0 Å². The third kappa shape index (κ3) is 2.95. The van der Waals surface area contributed by atoms with E-state index in [9.17, 15) is 9.90 Å². The van der Waals surface area contributed by atoms with Crippen molar-refractivity contribution in [3.8, 4) is 11.5 Å². The third-order valence-electron chi connectivity index (χ3n) is 2.46. The summed E-state index contributed by atoms with van der Waals surface area (Å²) < 4.78 is 5.00. The first-order valence-electron chi connectivity index (χ1n) is 5.39. The van der Waals surface area contributed by atoms with Crippen LogP contribution in [0, 0.1) is 0 Å². The summed E-state index contributed by atoms with van der Waals surface area (Å²) in [6.07, 6.45) is 2.94. The number of aromatic hydroxyl groups is 1. The number of halogens is 1. The number of nitrogens with zero attached hydrogens (tertiary/aromatic N) is 1. The number of rotatable bonds is 3. The molecule has 0 aliphatic rings. The zero-order chi connectivity index (χ0) is 13.8. The predicted octanol–water partition coefficient (Wildman–Crippen LogP) is 2.70. The van der Waals surface area contributed by atoms with E-state index in [1.165, 1.54) is 31.6 Å². The number of hydrogen-bond acceptors (Lipinski definition) is 4. The molecule has 2 aromatic rings. The molecule has 5 nitrogen and oxygen atoms in total. The van der Waals surface area contributed by atoms with Crippen LogP contribution in [0.25, 0.3) is 0 Å². The number of methoxy groups -OCH3 is 1. The van der Waals surface area contributed by atoms with Crippen molar-refractivity contribution in [2.24, 2.45) is 0 Å². The van der Waals surface area contributed by atoms with Crippen LogP contribution in [0.5, 0.6) is 11.5 Å². The van der Waals surface area contributed by atoms with E-state index in [0.29, 0.717) is 16.5 Å². The first kappa shape index (κ1) is 13.2. The molecule has 1 heterocycles. The van der Waals surface area contributed by atoms with E-state index in [1.807, 2.05) is 0 Å². The Bertz CT molecular complexity index is 617. The van der Waals surface area contributed by atoms with Crippen LogP contribution in [0.15, 0.2) is 36.7 Å². The van der Waals surface area contributed by atoms with E-state index >= 15 is 0 Å². The fourth-order valence-electron chi connectivity index (χ4n) is 1.48. The number of carbonyl (C=O) groups excluding carboxylic acids is 1. The smallest absolute Gasteiger partial charge is 0.259 e. The van der Waals surface area contributed by atoms with Crippen LogP contribution in [0.4, 0.5) is 5.69 Å². The Kier molecular flexibility index (Phi) is 3.87. The summed E-state index contributed by atoms with van der Waals surface area (Å²) >= 11 is 5.91. The predicted molar refractivity (Wildman–Crippen MR) is 71.9 cm³/mol. The molecular formula is C13H11ClN2O3. The Morgan fingerprint density at radius 2 is 2.21 bits per heavy atom. The average Bonchev–Trinajstić information content (AvgIpc) is 2.42. The number of aromatic nitrogens is 1. The second-order valence-corrected chi connectivity index (χ2v) is 4.10. The maximum Gasteiger partial charge on any atom is 0.259 e. The van der Waals surface area contributed by atoms with Gasteiger partial charge >= 0.3 is 0 Å². The summed E-state index contributed by atoms with van der Waals surface area (Å²) in [7, 11) is 1.48. The zero-order valence-corrected chi connectivity index (χ0v) is 10.8. The quantitative estimate of drug-likeness (QED) is 0.905. The van der Waals surface area contributed by atoms with Gasteiger partial charge in [-0.3, -0.25) is 9.78 Å². The molecule has 0 spiro atoms. The second-order valence-electron chi connectivity index (χ2n) is 3.69. The van der Waals surface area contributed by atoms with Crippen molar-refractivity contribution in [2.45, 2.75) is 0 Å². The summed E-state index contributed by atoms with van der Waals surface area (Å²) in [5, 5.41) is 12.6. The molecule has 0 unspecified atom stereocenters. The minimum Gasteiger partial charge on any atom is -0.507 e. The maximum absolute atomic E-state index is 12.0. The topological polar surface area (TPSA) is 71.5 Å². The van der Waals surface area contributed by atoms with Gasteiger partial charge in [0.2, 0.25) is 0 Å². The number of nitrogens with one attached hydrogen (secondary N) is 1. The molecule has 0 atom stereocenters. The third-order valence-corrected chi connectivity index (χ3v) is 2.79. The fourth-order valence-corrected chi connectivity index (χ4v) is 1.64. The minimum absolute atomic E-state index is 0.0965. The molecule has 1 aromatic heterocycles. The highest BCUT2D eigenvalue weighted by Crippen LogP contribution is 2.25. The molecule has 0 saturated carbocycles. The van der Waals surface area contributed by atoms with Gasteiger partial charge in [-0.15, -0.1) is 0 Å². The van der Waals surface area contributed by atoms with Crippen LogP contribution < -0.4 is 10.1 Å². The highest BCUT2D eigenvalue weighted by molar-refractivity contribution is 6.33. The van der Waals surface area contributed by atoms with Crippen molar-refractivity contribution >= 4 is 23.2 Å². The van der Waals surface area contributed by atoms with E-state index < -0.39 is 5.91 Å². The van der Waals surface area contributed by atoms with Crippen LogP contribution in [-0.4, -0.2) is 23.1 Å². The van der Waals surface area contributed by atoms with Crippen molar-refractivity contribution in [2.75, 3.05) is 12.4 Å². The van der Waals surface area contributed by atoms with E-state index in [-0.39, 0.29) is 11.3 Å². The van der Waals surface area contributed by atoms with Gasteiger partial charge in [-0.05, 0) is 24.3 Å². The molecule has 98 valence electrons. The number of phenolic OH excluding ortho intramolecular Hbond substituents is 1. The largest absolute Gasteiger partial charge is 0.507 e. The van der Waals surface area contributed by atoms with E-state index in [1.54, 1.807) is 12.1 Å². The monoisotopic (exact) mass is 278 g/mol. The standard InChI is InChI=1S/C13H11ClN2O3/c1-19-8-2-3-12(17)9(6-8)13(18)16-11-7-15-5-4-10(11)14/h2-7,17H,1H3,(H,16,18). The second kappa shape index (κ2) is 5.58. The van der Waals surface area contributed by atoms with Crippen molar-refractivity contribution in [1.29, 1.82) is 0 Å². The Labute approximate surface area is 114 Å². The maximum atomic E-state index is 12.0. The molecule has 0 aliphatic carbocycles. The number of anilines is 1. The normalized spacial score (nSPS) is 10.0. The lowest BCUT2D eigenvalue weighted by molar-refractivity contribution is 0.102. The molecule has 0 bridgehead atoms. The summed E-state index contributed by atoms with van der Waals surface area (Å²) in [6.45, 7) is 0. The van der Waals surface area contributed by atoms with Crippen molar-refractivity contribution in [3.63, 3.8) is 0 Å². The summed E-state index contributed by atoms with van der Waals surface area (Å²) in [5.41, 5.74) is 0.468. The minimum atomic E-state index is -0.494. The average molecular weight is 279 g/mol. The van der Waals surface area contributed by atoms with Crippen LogP contribution >= 0.6 is 11.6 Å². The van der Waals surface area contributed by atoms with Crippen molar-refractivity contribution in [3.05, 3.63) is 47.2 Å². The first-order chi connectivity index (χ1) is 9.11. The van der Waals surface area contributed by atoms with Gasteiger partial charge < -0.3 is 15.2 Å². The lowest BCUT2D eigenvalue weighted by Crippen LogP contribution is -2.12. The number of benzene rings is 1. The van der Waals surface area contributed by atoms with Gasteiger partial charge in [0, 0.05) is 6.20 Å². The summed E-state index contributed by atoms with van der Waals surface area (Å²) in [6, 6.07) is 5.94. The summed E-state index contributed by atoms with van der Waals surface area (Å²) in [5.74, 6) is -0.162. The number of carbonyl (C=O) groups is 1. The van der Waals surface area contributed by atoms with E-state index in [2.05, 4.69) is 10.3 Å². The number of ether oxygens (including phenoxy) is 1. The molecule has 0 aliphatic heterocycles. The molecule has 6 heteroatoms. The molecule has 2 rings (SSSR count). The van der Waals surface area contributed by atoms with Gasteiger partial charge in [0.15, 0.2) is 0 Å². The van der Waals surface area contributed by atoms with Crippen LogP contribution in [0.2, 0.25) is 5.02 Å². The SMILES string of the molecule is COc1ccc(O)c(C(=O)Nc2cnccc2Cl)c1. The molecule has 19 heavy (non-hydrogen) atoms. The lowest BCUT2D eigenvalue weighted by Gasteiger charge is -2.09. The number of phenols is 1. The number of amides is 1. The molecule has 2 N–H and O–H groups in total. The Morgan fingerprint density at radius 3 is 2.89 bits per heavy atom. The van der Waals surface area contributed by atoms with Gasteiger partial charge in [0.25, 0.3) is 5.91 Å². The Hall–Kier alpha value is -2.27. The van der Waals surface area contributed by atoms with Gasteiger partial charge in [-0.2, -0.15) is 0 Å². The van der Waals surface area contributed by atoms with Crippen LogP contribution in [-0.2, 0) is 0 Å². The molecule has 1 amide bonds. The fraction of sp³-hybridized carbons (Fsp3) is 0.0769. The van der Waals surface area contributed by atoms with E-state index in [4.69, 9.17) is 16.3 Å².